The SMILES string of the molecule is CCCOc1cc(C)nc(NC2CCC(C)C2)n1. The fourth-order valence-electron chi connectivity index (χ4n) is 2.41. The van der Waals surface area contributed by atoms with Crippen LogP contribution in [0, 0.1) is 12.8 Å². The van der Waals surface area contributed by atoms with Crippen LogP contribution >= 0.6 is 0 Å². The van der Waals surface area contributed by atoms with Crippen molar-refractivity contribution >= 4 is 5.95 Å². The Bertz CT molecular complexity index is 395. The molecule has 1 fully saturated rings. The molecule has 0 aliphatic heterocycles. The van der Waals surface area contributed by atoms with Crippen LogP contribution in [0.15, 0.2) is 6.07 Å². The van der Waals surface area contributed by atoms with E-state index in [1.54, 1.807) is 0 Å². The molecule has 0 amide bonds. The molecular formula is C14H23N3O. The minimum atomic E-state index is 0.515. The molecule has 1 aromatic rings. The number of hydrogen-bond donors (Lipinski definition) is 1. The fraction of sp³-hybridized carbons (Fsp3) is 0.714. The topological polar surface area (TPSA) is 47.0 Å². The molecule has 1 N–H and O–H groups in total. The first kappa shape index (κ1) is 13.1. The number of nitrogens with one attached hydrogen (secondary N) is 1. The zero-order chi connectivity index (χ0) is 13.0. The Morgan fingerprint density at radius 2 is 2.22 bits per heavy atom. The molecule has 100 valence electrons. The van der Waals surface area contributed by atoms with Gasteiger partial charge in [0, 0.05) is 17.8 Å². The van der Waals surface area contributed by atoms with Crippen LogP contribution in [0.2, 0.25) is 0 Å². The molecule has 2 unspecified atom stereocenters. The van der Waals surface area contributed by atoms with Crippen LogP contribution in [-0.2, 0) is 0 Å². The lowest BCUT2D eigenvalue weighted by Gasteiger charge is -2.13. The zero-order valence-electron chi connectivity index (χ0n) is 11.6. The largest absolute Gasteiger partial charge is 0.478 e. The highest BCUT2D eigenvalue weighted by atomic mass is 16.5. The van der Waals surface area contributed by atoms with E-state index in [1.165, 1.54) is 19.3 Å². The third kappa shape index (κ3) is 3.59. The van der Waals surface area contributed by atoms with Gasteiger partial charge in [-0.05, 0) is 38.5 Å². The summed E-state index contributed by atoms with van der Waals surface area (Å²) in [4.78, 5) is 8.84. The molecule has 18 heavy (non-hydrogen) atoms. The van der Waals surface area contributed by atoms with E-state index in [9.17, 15) is 0 Å². The van der Waals surface area contributed by atoms with Crippen molar-refractivity contribution in [1.29, 1.82) is 0 Å². The summed E-state index contributed by atoms with van der Waals surface area (Å²) in [5.41, 5.74) is 0.949. The molecule has 4 nitrogen and oxygen atoms in total. The Morgan fingerprint density at radius 3 is 2.89 bits per heavy atom. The summed E-state index contributed by atoms with van der Waals surface area (Å²) in [5.74, 6) is 2.20. The Labute approximate surface area is 109 Å². The highest BCUT2D eigenvalue weighted by Gasteiger charge is 2.21. The normalized spacial score (nSPS) is 23.1. The monoisotopic (exact) mass is 249 g/mol. The highest BCUT2D eigenvalue weighted by molar-refractivity contribution is 5.32. The molecule has 1 aromatic heterocycles. The second-order valence-electron chi connectivity index (χ2n) is 5.28. The summed E-state index contributed by atoms with van der Waals surface area (Å²) in [7, 11) is 0. The number of aryl methyl sites for hydroxylation is 1. The van der Waals surface area contributed by atoms with Crippen molar-refractivity contribution in [2.45, 2.75) is 52.5 Å². The van der Waals surface area contributed by atoms with Gasteiger partial charge in [-0.3, -0.25) is 0 Å². The van der Waals surface area contributed by atoms with Crippen LogP contribution in [0.4, 0.5) is 5.95 Å². The number of rotatable bonds is 5. The van der Waals surface area contributed by atoms with E-state index in [0.29, 0.717) is 24.5 Å². The molecule has 1 aliphatic rings. The highest BCUT2D eigenvalue weighted by Crippen LogP contribution is 2.27. The average molecular weight is 249 g/mol. The number of aromatic nitrogens is 2. The number of hydrogen-bond acceptors (Lipinski definition) is 4. The molecule has 2 atom stereocenters. The molecule has 4 heteroatoms. The predicted octanol–water partition coefficient (Wildman–Crippen LogP) is 3.17. The maximum Gasteiger partial charge on any atom is 0.226 e. The number of ether oxygens (including phenoxy) is 1. The molecule has 1 saturated carbocycles. The van der Waals surface area contributed by atoms with Gasteiger partial charge in [0.25, 0.3) is 0 Å². The summed E-state index contributed by atoms with van der Waals surface area (Å²) in [6, 6.07) is 2.40. The quantitative estimate of drug-likeness (QED) is 0.870. The second-order valence-corrected chi connectivity index (χ2v) is 5.28. The van der Waals surface area contributed by atoms with Crippen molar-refractivity contribution in [2.24, 2.45) is 5.92 Å². The van der Waals surface area contributed by atoms with Crippen molar-refractivity contribution < 1.29 is 4.74 Å². The standard InChI is InChI=1S/C14H23N3O/c1-4-7-18-13-9-11(3)15-14(17-13)16-12-6-5-10(2)8-12/h9-10,12H,4-8H2,1-3H3,(H,15,16,17). The summed E-state index contributed by atoms with van der Waals surface area (Å²) in [5, 5.41) is 3.43. The van der Waals surface area contributed by atoms with Crippen molar-refractivity contribution in [3.8, 4) is 5.88 Å². The Balaban J connectivity index is 2.00. The van der Waals surface area contributed by atoms with Crippen molar-refractivity contribution in [2.75, 3.05) is 11.9 Å². The maximum absolute atomic E-state index is 5.57. The van der Waals surface area contributed by atoms with Gasteiger partial charge in [0.2, 0.25) is 11.8 Å². The molecule has 0 spiro atoms. The smallest absolute Gasteiger partial charge is 0.226 e. The van der Waals surface area contributed by atoms with Gasteiger partial charge in [-0.1, -0.05) is 13.8 Å². The first-order valence-electron chi connectivity index (χ1n) is 6.92. The second kappa shape index (κ2) is 6.03. The summed E-state index contributed by atoms with van der Waals surface area (Å²) in [6.07, 6.45) is 4.71. The molecular weight excluding hydrogens is 226 g/mol. The number of anilines is 1. The summed E-state index contributed by atoms with van der Waals surface area (Å²) >= 11 is 0. The molecule has 0 aromatic carbocycles. The van der Waals surface area contributed by atoms with Crippen molar-refractivity contribution in [3.63, 3.8) is 0 Å². The van der Waals surface area contributed by atoms with Gasteiger partial charge in [0.05, 0.1) is 6.61 Å². The van der Waals surface area contributed by atoms with Crippen LogP contribution in [0.25, 0.3) is 0 Å². The van der Waals surface area contributed by atoms with Crippen LogP contribution in [0.3, 0.4) is 0 Å². The van der Waals surface area contributed by atoms with Gasteiger partial charge in [0.15, 0.2) is 0 Å². The average Bonchev–Trinajstić information content (AvgIpc) is 2.71. The summed E-state index contributed by atoms with van der Waals surface area (Å²) in [6.45, 7) is 7.07. The van der Waals surface area contributed by atoms with Crippen molar-refractivity contribution in [1.82, 2.24) is 9.97 Å². The van der Waals surface area contributed by atoms with E-state index in [2.05, 4.69) is 29.1 Å². The van der Waals surface area contributed by atoms with Crippen molar-refractivity contribution in [3.05, 3.63) is 11.8 Å². The van der Waals surface area contributed by atoms with Gasteiger partial charge in [0.1, 0.15) is 0 Å². The summed E-state index contributed by atoms with van der Waals surface area (Å²) < 4.78 is 5.57. The minimum absolute atomic E-state index is 0.515. The Hall–Kier alpha value is -1.32. The maximum atomic E-state index is 5.57. The minimum Gasteiger partial charge on any atom is -0.478 e. The predicted molar refractivity (Wildman–Crippen MR) is 73.0 cm³/mol. The van der Waals surface area contributed by atoms with E-state index in [4.69, 9.17) is 4.74 Å². The van der Waals surface area contributed by atoms with Gasteiger partial charge in [-0.2, -0.15) is 4.98 Å². The molecule has 0 radical (unpaired) electrons. The van der Waals surface area contributed by atoms with Crippen LogP contribution in [-0.4, -0.2) is 22.6 Å². The third-order valence-electron chi connectivity index (χ3n) is 3.31. The first-order valence-corrected chi connectivity index (χ1v) is 6.92. The number of nitrogens with zero attached hydrogens (tertiary/aromatic N) is 2. The molecule has 1 heterocycles. The first-order chi connectivity index (χ1) is 8.67. The van der Waals surface area contributed by atoms with Gasteiger partial charge < -0.3 is 10.1 Å². The zero-order valence-corrected chi connectivity index (χ0v) is 11.6. The van der Waals surface area contributed by atoms with E-state index >= 15 is 0 Å². The Kier molecular flexibility index (Phi) is 4.39. The van der Waals surface area contributed by atoms with Gasteiger partial charge >= 0.3 is 0 Å². The molecule has 0 saturated heterocycles. The van der Waals surface area contributed by atoms with E-state index < -0.39 is 0 Å². The van der Waals surface area contributed by atoms with Crippen LogP contribution < -0.4 is 10.1 Å². The fourth-order valence-corrected chi connectivity index (χ4v) is 2.41. The molecule has 2 rings (SSSR count). The molecule has 0 bridgehead atoms. The van der Waals surface area contributed by atoms with E-state index in [1.807, 2.05) is 13.0 Å². The lowest BCUT2D eigenvalue weighted by atomic mass is 10.1. The lowest BCUT2D eigenvalue weighted by molar-refractivity contribution is 0.305. The van der Waals surface area contributed by atoms with Gasteiger partial charge in [-0.25, -0.2) is 4.98 Å². The third-order valence-corrected chi connectivity index (χ3v) is 3.31. The molecule has 1 aliphatic carbocycles. The van der Waals surface area contributed by atoms with E-state index in [0.717, 1.165) is 18.0 Å². The van der Waals surface area contributed by atoms with E-state index in [-0.39, 0.29) is 0 Å². The van der Waals surface area contributed by atoms with Crippen LogP contribution in [0.1, 0.15) is 45.2 Å². The Morgan fingerprint density at radius 1 is 1.39 bits per heavy atom. The van der Waals surface area contributed by atoms with Gasteiger partial charge in [-0.15, -0.1) is 0 Å². The lowest BCUT2D eigenvalue weighted by Crippen LogP contribution is -2.17. The van der Waals surface area contributed by atoms with Crippen LogP contribution in [0.5, 0.6) is 5.88 Å².